The molecular formula is C24H25N7O3S. The first kappa shape index (κ1) is 24.5. The summed E-state index contributed by atoms with van der Waals surface area (Å²) in [6.45, 7) is 0.332. The number of nitrogens with zero attached hydrogens (tertiary/aromatic N) is 4. The van der Waals surface area contributed by atoms with E-state index in [1.807, 2.05) is 23.1 Å². The number of primary amides is 1. The van der Waals surface area contributed by atoms with Gasteiger partial charge in [-0.05, 0) is 29.9 Å². The zero-order valence-corrected chi connectivity index (χ0v) is 19.7. The molecule has 180 valence electrons. The predicted octanol–water partition coefficient (Wildman–Crippen LogP) is 0.645. The number of anilines is 1. The van der Waals surface area contributed by atoms with Gasteiger partial charge >= 0.3 is 0 Å². The highest BCUT2D eigenvalue weighted by atomic mass is 32.2. The van der Waals surface area contributed by atoms with Crippen molar-refractivity contribution in [3.05, 3.63) is 52.6 Å². The number of aromatic nitrogens is 1. The lowest BCUT2D eigenvalue weighted by Gasteiger charge is -2.41. The van der Waals surface area contributed by atoms with E-state index >= 15 is 0 Å². The summed E-state index contributed by atoms with van der Waals surface area (Å²) in [7, 11) is 0. The zero-order chi connectivity index (χ0) is 25.1. The SMILES string of the molecule is N#Cc1c(SC(C(N)=O)c2ccccc2)nc(N2CC(NC(=O)[C@H](N)CO)C2)c(C#N)c1C1CC1. The van der Waals surface area contributed by atoms with E-state index in [0.29, 0.717) is 46.2 Å². The van der Waals surface area contributed by atoms with Gasteiger partial charge in [-0.3, -0.25) is 9.59 Å². The molecule has 1 aromatic heterocycles. The molecule has 10 nitrogen and oxygen atoms in total. The van der Waals surface area contributed by atoms with E-state index in [9.17, 15) is 20.1 Å². The summed E-state index contributed by atoms with van der Waals surface area (Å²) in [5.74, 6) is -0.502. The smallest absolute Gasteiger partial charge is 0.239 e. The molecule has 2 atom stereocenters. The normalized spacial score (nSPS) is 17.0. The lowest BCUT2D eigenvalue weighted by Crippen LogP contribution is -2.62. The maximum atomic E-state index is 12.3. The number of carbonyl (C=O) groups excluding carboxylic acids is 2. The topological polar surface area (TPSA) is 182 Å². The average molecular weight is 492 g/mol. The van der Waals surface area contributed by atoms with Gasteiger partial charge in [0, 0.05) is 13.1 Å². The first-order valence-electron chi connectivity index (χ1n) is 11.2. The third-order valence-corrected chi connectivity index (χ3v) is 7.30. The number of hydrogen-bond acceptors (Lipinski definition) is 9. The maximum absolute atomic E-state index is 12.3. The van der Waals surface area contributed by atoms with E-state index in [4.69, 9.17) is 16.6 Å². The van der Waals surface area contributed by atoms with Crippen LogP contribution in [0.15, 0.2) is 35.4 Å². The summed E-state index contributed by atoms with van der Waals surface area (Å²) in [6, 6.07) is 12.3. The molecular weight excluding hydrogens is 466 g/mol. The number of thioether (sulfide) groups is 1. The van der Waals surface area contributed by atoms with Gasteiger partial charge in [0.1, 0.15) is 34.3 Å². The highest BCUT2D eigenvalue weighted by molar-refractivity contribution is 8.00. The van der Waals surface area contributed by atoms with Crippen molar-refractivity contribution in [2.75, 3.05) is 24.6 Å². The highest BCUT2D eigenvalue weighted by Gasteiger charge is 2.38. The molecule has 2 aromatic rings. The second kappa shape index (κ2) is 10.3. The number of nitrogens with two attached hydrogens (primary N) is 2. The Morgan fingerprint density at radius 1 is 1.20 bits per heavy atom. The summed E-state index contributed by atoms with van der Waals surface area (Å²) >= 11 is 1.11. The van der Waals surface area contributed by atoms with Gasteiger partial charge in [0.2, 0.25) is 11.8 Å². The van der Waals surface area contributed by atoms with Crippen molar-refractivity contribution in [3.8, 4) is 12.1 Å². The molecule has 1 aliphatic heterocycles. The first-order valence-corrected chi connectivity index (χ1v) is 12.1. The average Bonchev–Trinajstić information content (AvgIpc) is 3.68. The molecule has 1 saturated heterocycles. The molecule has 1 saturated carbocycles. The van der Waals surface area contributed by atoms with Gasteiger partial charge < -0.3 is 26.8 Å². The molecule has 35 heavy (non-hydrogen) atoms. The van der Waals surface area contributed by atoms with Crippen molar-refractivity contribution in [2.24, 2.45) is 11.5 Å². The summed E-state index contributed by atoms with van der Waals surface area (Å²) in [5, 5.41) is 31.4. The number of pyridine rings is 1. The molecule has 0 spiro atoms. The number of aliphatic hydroxyl groups excluding tert-OH is 1. The quantitative estimate of drug-likeness (QED) is 0.366. The van der Waals surface area contributed by atoms with Crippen LogP contribution >= 0.6 is 11.8 Å². The molecule has 11 heteroatoms. The summed E-state index contributed by atoms with van der Waals surface area (Å²) < 4.78 is 0. The number of hydrogen-bond donors (Lipinski definition) is 4. The standard InChI is InChI=1S/C24H25N7O3S/c25-8-16-19(13-6-7-13)17(9-26)24(35-20(21(28)33)14-4-2-1-3-5-14)30-22(16)31-10-15(11-31)29-23(34)18(27)12-32/h1-5,13,15,18,20,32H,6-7,10-12,27H2,(H2,28,33)(H,29,34)/t18-,20?/m1/s1. The van der Waals surface area contributed by atoms with Gasteiger partial charge in [-0.1, -0.05) is 42.1 Å². The molecule has 1 aliphatic carbocycles. The molecule has 2 aliphatic rings. The molecule has 2 fully saturated rings. The van der Waals surface area contributed by atoms with Gasteiger partial charge in [-0.15, -0.1) is 0 Å². The number of nitriles is 2. The van der Waals surface area contributed by atoms with Crippen LogP contribution in [0.1, 0.15) is 46.3 Å². The second-order valence-corrected chi connectivity index (χ2v) is 9.71. The molecule has 0 bridgehead atoms. The van der Waals surface area contributed by atoms with Crippen molar-refractivity contribution in [1.82, 2.24) is 10.3 Å². The number of nitrogens with one attached hydrogen (secondary N) is 1. The van der Waals surface area contributed by atoms with Gasteiger partial charge in [0.05, 0.1) is 23.8 Å². The second-order valence-electron chi connectivity index (χ2n) is 8.61. The van der Waals surface area contributed by atoms with Gasteiger partial charge in [0.15, 0.2) is 0 Å². The lowest BCUT2D eigenvalue weighted by molar-refractivity contribution is -0.124. The van der Waals surface area contributed by atoms with Crippen LogP contribution in [0.5, 0.6) is 0 Å². The van der Waals surface area contributed by atoms with E-state index in [-0.39, 0.29) is 12.0 Å². The van der Waals surface area contributed by atoms with Crippen molar-refractivity contribution >= 4 is 29.4 Å². The molecule has 0 radical (unpaired) electrons. The third kappa shape index (κ3) is 5.08. The number of rotatable bonds is 9. The Morgan fingerprint density at radius 2 is 1.86 bits per heavy atom. The van der Waals surface area contributed by atoms with Crippen molar-refractivity contribution in [3.63, 3.8) is 0 Å². The fraction of sp³-hybridized carbons (Fsp3) is 0.375. The molecule has 1 aromatic carbocycles. The summed E-state index contributed by atoms with van der Waals surface area (Å²) in [5.41, 5.74) is 13.3. The Balaban J connectivity index is 1.68. The van der Waals surface area contributed by atoms with Crippen LogP contribution in [0, 0.1) is 22.7 Å². The Hall–Kier alpha value is -3.64. The highest BCUT2D eigenvalue weighted by Crippen LogP contribution is 2.48. The molecule has 4 rings (SSSR count). The Bertz CT molecular complexity index is 1210. The number of amides is 2. The number of aliphatic hydroxyl groups is 1. The van der Waals surface area contributed by atoms with Crippen LogP contribution in [0.4, 0.5) is 5.82 Å². The van der Waals surface area contributed by atoms with E-state index in [2.05, 4.69) is 22.4 Å². The van der Waals surface area contributed by atoms with Crippen LogP contribution in [-0.4, -0.2) is 53.7 Å². The fourth-order valence-electron chi connectivity index (χ4n) is 4.05. The summed E-state index contributed by atoms with van der Waals surface area (Å²) in [4.78, 5) is 30.8. The Morgan fingerprint density at radius 3 is 2.40 bits per heavy atom. The predicted molar refractivity (Wildman–Crippen MR) is 129 cm³/mol. The minimum absolute atomic E-state index is 0.0866. The number of carbonyl (C=O) groups is 2. The third-order valence-electron chi connectivity index (χ3n) is 6.04. The van der Waals surface area contributed by atoms with E-state index in [1.54, 1.807) is 12.1 Å². The monoisotopic (exact) mass is 491 g/mol. The van der Waals surface area contributed by atoms with Crippen LogP contribution in [0.2, 0.25) is 0 Å². The minimum atomic E-state index is -1.00. The fourth-order valence-corrected chi connectivity index (χ4v) is 5.09. The minimum Gasteiger partial charge on any atom is -0.394 e. The first-order chi connectivity index (χ1) is 16.9. The van der Waals surface area contributed by atoms with Crippen LogP contribution in [0.25, 0.3) is 0 Å². The Labute approximate surface area is 206 Å². The van der Waals surface area contributed by atoms with Crippen molar-refractivity contribution in [2.45, 2.75) is 41.1 Å². The van der Waals surface area contributed by atoms with E-state index in [1.165, 1.54) is 0 Å². The molecule has 2 amide bonds. The summed E-state index contributed by atoms with van der Waals surface area (Å²) in [6.07, 6.45) is 1.74. The molecule has 2 heterocycles. The number of benzene rings is 1. The molecule has 1 unspecified atom stereocenters. The Kier molecular flexibility index (Phi) is 7.22. The largest absolute Gasteiger partial charge is 0.394 e. The maximum Gasteiger partial charge on any atom is 0.239 e. The van der Waals surface area contributed by atoms with Crippen molar-refractivity contribution < 1.29 is 14.7 Å². The van der Waals surface area contributed by atoms with Crippen LogP contribution < -0.4 is 21.7 Å². The zero-order valence-electron chi connectivity index (χ0n) is 18.8. The van der Waals surface area contributed by atoms with Crippen molar-refractivity contribution in [1.29, 1.82) is 10.5 Å². The van der Waals surface area contributed by atoms with Gasteiger partial charge in [-0.25, -0.2) is 4.98 Å². The van der Waals surface area contributed by atoms with Gasteiger partial charge in [0.25, 0.3) is 0 Å². The van der Waals surface area contributed by atoms with Crippen LogP contribution in [-0.2, 0) is 9.59 Å². The van der Waals surface area contributed by atoms with Gasteiger partial charge in [-0.2, -0.15) is 10.5 Å². The van der Waals surface area contributed by atoms with E-state index < -0.39 is 29.7 Å². The molecule has 6 N–H and O–H groups in total. The van der Waals surface area contributed by atoms with Crippen LogP contribution in [0.3, 0.4) is 0 Å². The van der Waals surface area contributed by atoms with E-state index in [0.717, 1.165) is 24.6 Å². The lowest BCUT2D eigenvalue weighted by atomic mass is 9.98.